The zero-order valence-electron chi connectivity index (χ0n) is 19.2. The first-order valence-corrected chi connectivity index (χ1v) is 11.9. The Bertz CT molecular complexity index is 1110. The Hall–Kier alpha value is -3.42. The topological polar surface area (TPSA) is 110 Å². The normalized spacial score (nSPS) is 26.6. The molecule has 2 unspecified atom stereocenters. The van der Waals surface area contributed by atoms with Crippen molar-refractivity contribution in [1.29, 1.82) is 0 Å². The summed E-state index contributed by atoms with van der Waals surface area (Å²) in [5.41, 5.74) is 6.10. The van der Waals surface area contributed by atoms with Crippen LogP contribution in [0, 0.1) is 11.8 Å². The number of carbonyl (C=O) groups excluding carboxylic acids is 4. The molecule has 2 N–H and O–H groups in total. The van der Waals surface area contributed by atoms with Gasteiger partial charge in [-0.2, -0.15) is 0 Å². The molecule has 4 aliphatic rings. The summed E-state index contributed by atoms with van der Waals surface area (Å²) in [6, 6.07) is 9.94. The lowest BCUT2D eigenvalue weighted by atomic mass is 9.83. The van der Waals surface area contributed by atoms with Gasteiger partial charge in [0.15, 0.2) is 11.4 Å². The molecule has 3 fully saturated rings. The Kier molecular flexibility index (Phi) is 5.54. The van der Waals surface area contributed by atoms with E-state index in [2.05, 4.69) is 6.92 Å². The lowest BCUT2D eigenvalue weighted by Crippen LogP contribution is -2.46. The quantitative estimate of drug-likeness (QED) is 0.624. The van der Waals surface area contributed by atoms with E-state index in [1.165, 1.54) is 11.0 Å². The molecule has 3 aliphatic carbocycles. The average Bonchev–Trinajstić information content (AvgIpc) is 3.54. The largest absolute Gasteiger partial charge is 0.436 e. The molecule has 8 heteroatoms. The van der Waals surface area contributed by atoms with Crippen LogP contribution >= 0.6 is 0 Å². The minimum Gasteiger partial charge on any atom is -0.436 e. The molecule has 0 bridgehead atoms. The van der Waals surface area contributed by atoms with E-state index >= 15 is 0 Å². The van der Waals surface area contributed by atoms with Gasteiger partial charge in [0.05, 0.1) is 12.1 Å². The number of allylic oxidation sites excluding steroid dienone is 2. The molecule has 8 nitrogen and oxygen atoms in total. The van der Waals surface area contributed by atoms with Crippen molar-refractivity contribution in [3.05, 3.63) is 59.2 Å². The molecular formula is C26H29N3O5. The van der Waals surface area contributed by atoms with Crippen molar-refractivity contribution >= 4 is 23.7 Å². The summed E-state index contributed by atoms with van der Waals surface area (Å²) in [5.74, 6) is -1.21. The van der Waals surface area contributed by atoms with Gasteiger partial charge in [0.1, 0.15) is 6.54 Å². The predicted molar refractivity (Wildman–Crippen MR) is 123 cm³/mol. The summed E-state index contributed by atoms with van der Waals surface area (Å²) in [5, 5.41) is 0. The molecule has 0 aromatic heterocycles. The molecule has 1 aliphatic heterocycles. The van der Waals surface area contributed by atoms with Crippen molar-refractivity contribution < 1.29 is 23.9 Å². The first kappa shape index (κ1) is 22.4. The highest BCUT2D eigenvalue weighted by molar-refractivity contribution is 6.21. The van der Waals surface area contributed by atoms with Crippen LogP contribution in [0.5, 0.6) is 0 Å². The van der Waals surface area contributed by atoms with Crippen LogP contribution in [0.25, 0.3) is 0 Å². The van der Waals surface area contributed by atoms with Crippen molar-refractivity contribution in [1.82, 2.24) is 9.80 Å². The van der Waals surface area contributed by atoms with E-state index < -0.39 is 23.5 Å². The lowest BCUT2D eigenvalue weighted by Gasteiger charge is -2.31. The van der Waals surface area contributed by atoms with E-state index in [4.69, 9.17) is 10.5 Å². The summed E-state index contributed by atoms with van der Waals surface area (Å²) < 4.78 is 5.81. The molecule has 3 atom stereocenters. The molecule has 1 spiro atoms. The molecule has 2 saturated carbocycles. The number of nitrogens with two attached hydrogens (primary N) is 1. The van der Waals surface area contributed by atoms with Gasteiger partial charge in [-0.25, -0.2) is 4.79 Å². The fourth-order valence-electron chi connectivity index (χ4n) is 5.55. The van der Waals surface area contributed by atoms with Crippen LogP contribution in [0.4, 0.5) is 4.79 Å². The minimum atomic E-state index is -0.941. The molecule has 1 heterocycles. The molecule has 5 rings (SSSR count). The van der Waals surface area contributed by atoms with Crippen LogP contribution in [-0.2, 0) is 25.7 Å². The number of ketones is 1. The number of hydrogen-bond donors (Lipinski definition) is 1. The molecule has 178 valence electrons. The third kappa shape index (κ3) is 3.91. The van der Waals surface area contributed by atoms with E-state index in [1.807, 2.05) is 35.2 Å². The Morgan fingerprint density at radius 2 is 1.91 bits per heavy atom. The highest BCUT2D eigenvalue weighted by Gasteiger charge is 2.56. The van der Waals surface area contributed by atoms with Gasteiger partial charge in [0, 0.05) is 18.5 Å². The average molecular weight is 464 g/mol. The van der Waals surface area contributed by atoms with Crippen molar-refractivity contribution in [2.24, 2.45) is 17.6 Å². The third-order valence-electron chi connectivity index (χ3n) is 7.64. The van der Waals surface area contributed by atoms with Crippen molar-refractivity contribution in [2.75, 3.05) is 13.1 Å². The Balaban J connectivity index is 1.33. The molecule has 34 heavy (non-hydrogen) atoms. The summed E-state index contributed by atoms with van der Waals surface area (Å²) in [4.78, 5) is 53.8. The van der Waals surface area contributed by atoms with E-state index in [0.717, 1.165) is 18.4 Å². The van der Waals surface area contributed by atoms with Gasteiger partial charge in [0.2, 0.25) is 5.91 Å². The molecule has 1 saturated heterocycles. The van der Waals surface area contributed by atoms with Gasteiger partial charge in [-0.05, 0) is 55.7 Å². The Morgan fingerprint density at radius 3 is 2.59 bits per heavy atom. The molecule has 0 radical (unpaired) electrons. The van der Waals surface area contributed by atoms with Crippen LogP contribution in [-0.4, -0.2) is 58.2 Å². The van der Waals surface area contributed by atoms with Crippen LogP contribution in [0.1, 0.15) is 38.2 Å². The van der Waals surface area contributed by atoms with Crippen LogP contribution in [0.3, 0.4) is 0 Å². The summed E-state index contributed by atoms with van der Waals surface area (Å²) in [7, 11) is 0. The highest BCUT2D eigenvalue weighted by Crippen LogP contribution is 2.48. The van der Waals surface area contributed by atoms with E-state index in [-0.39, 0.29) is 36.4 Å². The number of amides is 3. The molecular weight excluding hydrogens is 434 g/mol. The first-order chi connectivity index (χ1) is 16.3. The first-order valence-electron chi connectivity index (χ1n) is 11.9. The van der Waals surface area contributed by atoms with Gasteiger partial charge in [-0.3, -0.25) is 19.3 Å². The number of ether oxygens (including phenoxy) is 1. The Morgan fingerprint density at radius 1 is 1.18 bits per heavy atom. The zero-order chi connectivity index (χ0) is 24.0. The van der Waals surface area contributed by atoms with Gasteiger partial charge in [-0.15, -0.1) is 0 Å². The van der Waals surface area contributed by atoms with E-state index in [1.54, 1.807) is 6.08 Å². The zero-order valence-corrected chi connectivity index (χ0v) is 19.2. The van der Waals surface area contributed by atoms with Crippen LogP contribution in [0.2, 0.25) is 0 Å². The maximum absolute atomic E-state index is 13.4. The van der Waals surface area contributed by atoms with Crippen LogP contribution < -0.4 is 5.73 Å². The van der Waals surface area contributed by atoms with Crippen molar-refractivity contribution in [3.63, 3.8) is 0 Å². The predicted octanol–water partition coefficient (Wildman–Crippen LogP) is 2.34. The summed E-state index contributed by atoms with van der Waals surface area (Å²) in [6.45, 7) is 2.71. The number of carbonyl (C=O) groups is 4. The van der Waals surface area contributed by atoms with E-state index in [9.17, 15) is 19.2 Å². The van der Waals surface area contributed by atoms with Gasteiger partial charge in [-0.1, -0.05) is 36.4 Å². The lowest BCUT2D eigenvalue weighted by molar-refractivity contribution is -0.135. The molecule has 1 aromatic rings. The highest BCUT2D eigenvalue weighted by atomic mass is 16.6. The second kappa shape index (κ2) is 8.42. The number of hydrogen-bond acceptors (Lipinski definition) is 5. The van der Waals surface area contributed by atoms with Gasteiger partial charge in [0.25, 0.3) is 5.91 Å². The third-order valence-corrected chi connectivity index (χ3v) is 7.64. The fraction of sp³-hybridized carbons (Fsp3) is 0.462. The number of Topliss-reactive ketones (excluding diaryl/α,β-unsaturated/α-hetero) is 1. The number of nitrogens with zero attached hydrogens (tertiary/aromatic N) is 2. The van der Waals surface area contributed by atoms with Crippen molar-refractivity contribution in [2.45, 2.75) is 50.8 Å². The van der Waals surface area contributed by atoms with Gasteiger partial charge >= 0.3 is 6.09 Å². The molecule has 3 amide bonds. The van der Waals surface area contributed by atoms with Crippen molar-refractivity contribution in [3.8, 4) is 0 Å². The standard InChI is InChI=1S/C26H29N3O5/c1-16(18-7-8-18)29(13-17-5-3-2-4-6-17)22(30)14-28-15-26(34-25(28)33)12-11-19-21(26)10-9-20(23(19)31)24(27)32/h2-6,9-10,16,18-19H,7-8,11-15H2,1H3,(H2,27,32)/t16?,19?,26-/m1/s1. The second-order valence-electron chi connectivity index (χ2n) is 9.83. The second-order valence-corrected chi connectivity index (χ2v) is 9.83. The number of rotatable bonds is 7. The summed E-state index contributed by atoms with van der Waals surface area (Å²) in [6.07, 6.45) is 5.73. The number of benzene rings is 1. The number of fused-ring (bicyclic) bond motifs is 2. The minimum absolute atomic E-state index is 0.0206. The van der Waals surface area contributed by atoms with E-state index in [0.29, 0.717) is 30.9 Å². The van der Waals surface area contributed by atoms with Crippen LogP contribution in [0.15, 0.2) is 53.6 Å². The number of primary amides is 1. The summed E-state index contributed by atoms with van der Waals surface area (Å²) >= 11 is 0. The Labute approximate surface area is 198 Å². The maximum atomic E-state index is 13.4. The monoisotopic (exact) mass is 463 g/mol. The van der Waals surface area contributed by atoms with Gasteiger partial charge < -0.3 is 15.4 Å². The molecule has 1 aromatic carbocycles. The maximum Gasteiger partial charge on any atom is 0.411 e. The smallest absolute Gasteiger partial charge is 0.411 e. The fourth-order valence-corrected chi connectivity index (χ4v) is 5.55. The SMILES string of the molecule is CC(C1CC1)N(Cc1ccccc1)C(=O)CN1C[C@@]2(CCC3C(=O)C(C(N)=O)=CC=C32)OC1=O.